The lowest BCUT2D eigenvalue weighted by Crippen LogP contribution is -2.15. The third-order valence-electron chi connectivity index (χ3n) is 2.76. The molecule has 1 aromatic carbocycles. The van der Waals surface area contributed by atoms with Gasteiger partial charge in [-0.25, -0.2) is 4.79 Å². The first-order chi connectivity index (χ1) is 9.43. The van der Waals surface area contributed by atoms with Gasteiger partial charge in [-0.05, 0) is 18.2 Å². The van der Waals surface area contributed by atoms with E-state index in [1.807, 2.05) is 0 Å². The molecule has 0 aromatic heterocycles. The number of methoxy groups -OCH3 is 1. The first-order valence-electron chi connectivity index (χ1n) is 5.57. The largest absolute Gasteiger partial charge is 0.495 e. The van der Waals surface area contributed by atoms with Crippen molar-refractivity contribution < 1.29 is 19.1 Å². The van der Waals surface area contributed by atoms with Gasteiger partial charge in [0.15, 0.2) is 5.78 Å². The molecule has 0 N–H and O–H groups in total. The third kappa shape index (κ3) is 2.92. The van der Waals surface area contributed by atoms with Crippen LogP contribution in [0.5, 0.6) is 5.75 Å². The van der Waals surface area contributed by atoms with Crippen molar-refractivity contribution in [3.8, 4) is 5.75 Å². The Morgan fingerprint density at radius 3 is 2.60 bits per heavy atom. The number of Topliss-reactive ketones (excluding diaryl/α,β-unsaturated/α-hetero) is 1. The molecule has 0 amide bonds. The zero-order valence-electron chi connectivity index (χ0n) is 10.3. The summed E-state index contributed by atoms with van der Waals surface area (Å²) in [6.07, 6.45) is -0.934. The van der Waals surface area contributed by atoms with Crippen LogP contribution in [0, 0.1) is 0 Å². The predicted molar refractivity (Wildman–Crippen MR) is 75.6 cm³/mol. The van der Waals surface area contributed by atoms with Crippen molar-refractivity contribution in [3.63, 3.8) is 0 Å². The second-order valence-electron chi connectivity index (χ2n) is 4.03. The van der Waals surface area contributed by atoms with Gasteiger partial charge in [0.1, 0.15) is 16.9 Å². The molecule has 20 heavy (non-hydrogen) atoms. The average Bonchev–Trinajstić information content (AvgIpc) is 2.66. The van der Waals surface area contributed by atoms with E-state index in [1.54, 1.807) is 12.1 Å². The van der Waals surface area contributed by atoms with E-state index in [2.05, 4.69) is 0 Å². The molecule has 0 radical (unpaired) electrons. The number of cyclic esters (lactones) is 1. The fourth-order valence-corrected chi connectivity index (χ4v) is 2.28. The first-order valence-corrected chi connectivity index (χ1v) is 6.70. The molecule has 0 fully saturated rings. The van der Waals surface area contributed by atoms with Crippen LogP contribution in [0.15, 0.2) is 28.3 Å². The van der Waals surface area contributed by atoms with Gasteiger partial charge in [0, 0.05) is 5.56 Å². The standard InChI is InChI=1S/C13H9Cl3O4/c1-19-9-4-6(2-3-7(9)14)8(17)5-10-11(15)12(16)13(18)20-10/h2-4,10H,5H2,1H3/t10-/m1/s1. The summed E-state index contributed by atoms with van der Waals surface area (Å²) in [6, 6.07) is 4.63. The van der Waals surface area contributed by atoms with Gasteiger partial charge in [0.2, 0.25) is 0 Å². The van der Waals surface area contributed by atoms with Gasteiger partial charge >= 0.3 is 5.97 Å². The van der Waals surface area contributed by atoms with E-state index in [0.29, 0.717) is 16.3 Å². The van der Waals surface area contributed by atoms with E-state index in [4.69, 9.17) is 44.3 Å². The van der Waals surface area contributed by atoms with E-state index in [1.165, 1.54) is 13.2 Å². The molecular formula is C13H9Cl3O4. The highest BCUT2D eigenvalue weighted by molar-refractivity contribution is 6.48. The number of ether oxygens (including phenoxy) is 2. The van der Waals surface area contributed by atoms with Gasteiger partial charge in [-0.3, -0.25) is 4.79 Å². The quantitative estimate of drug-likeness (QED) is 0.624. The maximum absolute atomic E-state index is 12.1. The number of hydrogen-bond acceptors (Lipinski definition) is 4. The van der Waals surface area contributed by atoms with Crippen LogP contribution in [0.25, 0.3) is 0 Å². The molecular weight excluding hydrogens is 326 g/mol. The van der Waals surface area contributed by atoms with Crippen LogP contribution >= 0.6 is 34.8 Å². The summed E-state index contributed by atoms with van der Waals surface area (Å²) in [4.78, 5) is 23.3. The molecule has 0 aliphatic carbocycles. The van der Waals surface area contributed by atoms with Gasteiger partial charge in [0.05, 0.1) is 23.6 Å². The molecule has 4 nitrogen and oxygen atoms in total. The number of rotatable bonds is 4. The van der Waals surface area contributed by atoms with Crippen molar-refractivity contribution in [1.82, 2.24) is 0 Å². The van der Waals surface area contributed by atoms with Crippen molar-refractivity contribution in [3.05, 3.63) is 38.8 Å². The molecule has 1 heterocycles. The van der Waals surface area contributed by atoms with Gasteiger partial charge in [-0.15, -0.1) is 0 Å². The van der Waals surface area contributed by atoms with Crippen LogP contribution in [0.4, 0.5) is 0 Å². The fraction of sp³-hybridized carbons (Fsp3) is 0.231. The molecule has 0 spiro atoms. The topological polar surface area (TPSA) is 52.6 Å². The Bertz CT molecular complexity index is 610. The van der Waals surface area contributed by atoms with Crippen LogP contribution in [0.1, 0.15) is 16.8 Å². The molecule has 7 heteroatoms. The van der Waals surface area contributed by atoms with Gasteiger partial charge in [-0.2, -0.15) is 0 Å². The smallest absolute Gasteiger partial charge is 0.351 e. The summed E-state index contributed by atoms with van der Waals surface area (Å²) in [5.41, 5.74) is 0.384. The Hall–Kier alpha value is -1.23. The molecule has 1 aromatic rings. The molecule has 0 saturated heterocycles. The normalized spacial score (nSPS) is 18.2. The third-order valence-corrected chi connectivity index (χ3v) is 3.96. The molecule has 2 rings (SSSR count). The summed E-state index contributed by atoms with van der Waals surface area (Å²) >= 11 is 17.4. The van der Waals surface area contributed by atoms with Crippen molar-refractivity contribution in [2.45, 2.75) is 12.5 Å². The Morgan fingerprint density at radius 1 is 1.35 bits per heavy atom. The molecule has 106 valence electrons. The van der Waals surface area contributed by atoms with Crippen molar-refractivity contribution in [1.29, 1.82) is 0 Å². The maximum atomic E-state index is 12.1. The molecule has 0 bridgehead atoms. The summed E-state index contributed by atoms with van der Waals surface area (Å²) in [5.74, 6) is -0.592. The van der Waals surface area contributed by atoms with Crippen molar-refractivity contribution in [2.75, 3.05) is 7.11 Å². The predicted octanol–water partition coefficient (Wildman–Crippen LogP) is 3.54. The van der Waals surface area contributed by atoms with E-state index in [9.17, 15) is 9.59 Å². The number of carbonyl (C=O) groups is 2. The first kappa shape index (κ1) is 15.2. The van der Waals surface area contributed by atoms with Crippen LogP contribution in [-0.2, 0) is 9.53 Å². The minimum Gasteiger partial charge on any atom is -0.495 e. The van der Waals surface area contributed by atoms with Crippen molar-refractivity contribution >= 4 is 46.6 Å². The van der Waals surface area contributed by atoms with E-state index in [-0.39, 0.29) is 22.3 Å². The number of halogens is 3. The minimum atomic E-state index is -0.842. The Morgan fingerprint density at radius 2 is 2.05 bits per heavy atom. The molecule has 1 aliphatic rings. The Labute approximate surface area is 130 Å². The summed E-state index contributed by atoms with van der Waals surface area (Å²) in [6.45, 7) is 0. The Balaban J connectivity index is 2.16. The van der Waals surface area contributed by atoms with Crippen molar-refractivity contribution in [2.24, 2.45) is 0 Å². The molecule has 1 aliphatic heterocycles. The zero-order chi connectivity index (χ0) is 14.9. The highest BCUT2D eigenvalue weighted by atomic mass is 35.5. The summed E-state index contributed by atoms with van der Waals surface area (Å²) < 4.78 is 9.94. The number of hydrogen-bond donors (Lipinski definition) is 0. The lowest BCUT2D eigenvalue weighted by Gasteiger charge is -2.10. The summed E-state index contributed by atoms with van der Waals surface area (Å²) in [7, 11) is 1.45. The second-order valence-corrected chi connectivity index (χ2v) is 5.22. The minimum absolute atomic E-state index is 0.0472. The lowest BCUT2D eigenvalue weighted by molar-refractivity contribution is -0.138. The zero-order valence-corrected chi connectivity index (χ0v) is 12.6. The Kier molecular flexibility index (Phi) is 4.58. The number of benzene rings is 1. The molecule has 0 unspecified atom stereocenters. The van der Waals surface area contributed by atoms with Gasteiger partial charge < -0.3 is 9.47 Å². The maximum Gasteiger partial charge on any atom is 0.351 e. The SMILES string of the molecule is COc1cc(C(=O)C[C@H]2OC(=O)C(Cl)=C2Cl)ccc1Cl. The fourth-order valence-electron chi connectivity index (χ4n) is 1.72. The monoisotopic (exact) mass is 334 g/mol. The van der Waals surface area contributed by atoms with E-state index >= 15 is 0 Å². The van der Waals surface area contributed by atoms with Gasteiger partial charge in [0.25, 0.3) is 0 Å². The number of ketones is 1. The van der Waals surface area contributed by atoms with E-state index < -0.39 is 12.1 Å². The van der Waals surface area contributed by atoms with E-state index in [0.717, 1.165) is 0 Å². The highest BCUT2D eigenvalue weighted by Gasteiger charge is 2.33. The highest BCUT2D eigenvalue weighted by Crippen LogP contribution is 2.32. The van der Waals surface area contributed by atoms with Crippen LogP contribution < -0.4 is 4.74 Å². The average molecular weight is 336 g/mol. The lowest BCUT2D eigenvalue weighted by atomic mass is 10.0. The van der Waals surface area contributed by atoms with Crippen LogP contribution in [0.2, 0.25) is 5.02 Å². The van der Waals surface area contributed by atoms with Crippen LogP contribution in [-0.4, -0.2) is 25.0 Å². The molecule has 1 atom stereocenters. The van der Waals surface area contributed by atoms with Gasteiger partial charge in [-0.1, -0.05) is 34.8 Å². The van der Waals surface area contributed by atoms with Crippen LogP contribution in [0.3, 0.4) is 0 Å². The number of esters is 1. The summed E-state index contributed by atoms with van der Waals surface area (Å²) in [5, 5.41) is 0.265. The second kappa shape index (κ2) is 6.04. The number of carbonyl (C=O) groups excluding carboxylic acids is 2. The molecule has 0 saturated carbocycles.